The molecule has 0 fully saturated rings. The molecule has 0 unspecified atom stereocenters. The summed E-state index contributed by atoms with van der Waals surface area (Å²) in [7, 11) is 0. The van der Waals surface area contributed by atoms with Crippen LogP contribution in [-0.4, -0.2) is 9.38 Å². The molecule has 19 heavy (non-hydrogen) atoms. The quantitative estimate of drug-likeness (QED) is 0.286. The molecule has 0 bridgehead atoms. The van der Waals surface area contributed by atoms with Crippen molar-refractivity contribution in [2.24, 2.45) is 5.11 Å². The molecule has 1 aromatic carbocycles. The van der Waals surface area contributed by atoms with E-state index in [1.165, 1.54) is 0 Å². The van der Waals surface area contributed by atoms with Gasteiger partial charge in [0.15, 0.2) is 0 Å². The minimum Gasteiger partial charge on any atom is -0.305 e. The standard InChI is InChI=1S/C13H8IN5/c14-10-3-6-13-16-12(8-19(13)7-10)9-1-4-11(5-2-9)17-18-15/h1-8H. The molecule has 0 radical (unpaired) electrons. The van der Waals surface area contributed by atoms with Crippen molar-refractivity contribution in [2.75, 3.05) is 0 Å². The van der Waals surface area contributed by atoms with E-state index in [1.807, 2.05) is 41.1 Å². The van der Waals surface area contributed by atoms with Crippen LogP contribution < -0.4 is 0 Å². The molecule has 0 aliphatic heterocycles. The lowest BCUT2D eigenvalue weighted by atomic mass is 10.1. The Hall–Kier alpha value is -2.05. The minimum atomic E-state index is 0.601. The van der Waals surface area contributed by atoms with Crippen molar-refractivity contribution < 1.29 is 0 Å². The number of fused-ring (bicyclic) bond motifs is 1. The Labute approximate surface area is 122 Å². The lowest BCUT2D eigenvalue weighted by Gasteiger charge is -1.96. The number of hydrogen-bond acceptors (Lipinski definition) is 2. The van der Waals surface area contributed by atoms with Gasteiger partial charge in [-0.3, -0.25) is 0 Å². The van der Waals surface area contributed by atoms with Crippen molar-refractivity contribution in [3.63, 3.8) is 0 Å². The molecule has 0 aliphatic rings. The Kier molecular flexibility index (Phi) is 3.10. The van der Waals surface area contributed by atoms with Crippen LogP contribution in [0.15, 0.2) is 53.9 Å². The zero-order valence-corrected chi connectivity index (χ0v) is 11.9. The third kappa shape index (κ3) is 2.40. The normalized spacial score (nSPS) is 10.4. The first-order valence-electron chi connectivity index (χ1n) is 5.56. The zero-order valence-electron chi connectivity index (χ0n) is 9.73. The highest BCUT2D eigenvalue weighted by Crippen LogP contribution is 2.23. The lowest BCUT2D eigenvalue weighted by Crippen LogP contribution is -1.82. The number of halogens is 1. The minimum absolute atomic E-state index is 0.601. The van der Waals surface area contributed by atoms with Crippen LogP contribution in [0.2, 0.25) is 0 Å². The van der Waals surface area contributed by atoms with Gasteiger partial charge in [0.2, 0.25) is 0 Å². The first kappa shape index (κ1) is 12.0. The zero-order chi connectivity index (χ0) is 13.2. The first-order valence-corrected chi connectivity index (χ1v) is 6.64. The van der Waals surface area contributed by atoms with Crippen LogP contribution in [0.25, 0.3) is 27.3 Å². The average molecular weight is 361 g/mol. The van der Waals surface area contributed by atoms with Gasteiger partial charge in [0.05, 0.1) is 5.69 Å². The molecule has 6 heteroatoms. The van der Waals surface area contributed by atoms with E-state index in [0.29, 0.717) is 5.69 Å². The summed E-state index contributed by atoms with van der Waals surface area (Å²) in [4.78, 5) is 7.31. The van der Waals surface area contributed by atoms with Gasteiger partial charge in [0.25, 0.3) is 0 Å². The molecule has 0 spiro atoms. The summed E-state index contributed by atoms with van der Waals surface area (Å²) < 4.78 is 3.16. The van der Waals surface area contributed by atoms with E-state index in [-0.39, 0.29) is 0 Å². The molecule has 92 valence electrons. The third-order valence-electron chi connectivity index (χ3n) is 2.74. The third-order valence-corrected chi connectivity index (χ3v) is 3.38. The summed E-state index contributed by atoms with van der Waals surface area (Å²) in [5.74, 6) is 0. The van der Waals surface area contributed by atoms with E-state index in [4.69, 9.17) is 5.53 Å². The van der Waals surface area contributed by atoms with E-state index in [1.54, 1.807) is 12.1 Å². The Morgan fingerprint density at radius 2 is 1.89 bits per heavy atom. The number of hydrogen-bond donors (Lipinski definition) is 0. The molecule has 0 atom stereocenters. The van der Waals surface area contributed by atoms with E-state index >= 15 is 0 Å². The monoisotopic (exact) mass is 361 g/mol. The summed E-state index contributed by atoms with van der Waals surface area (Å²) in [5.41, 5.74) is 11.8. The van der Waals surface area contributed by atoms with Gasteiger partial charge in [-0.15, -0.1) is 0 Å². The predicted octanol–water partition coefficient (Wildman–Crippen LogP) is 4.55. The number of nitrogens with zero attached hydrogens (tertiary/aromatic N) is 5. The molecule has 3 rings (SSSR count). The van der Waals surface area contributed by atoms with Crippen LogP contribution in [0.5, 0.6) is 0 Å². The molecule has 0 aliphatic carbocycles. The summed E-state index contributed by atoms with van der Waals surface area (Å²) in [6, 6.07) is 11.4. The number of benzene rings is 1. The molecule has 0 amide bonds. The molecule has 3 aromatic rings. The molecular formula is C13H8IN5. The molecule has 0 N–H and O–H groups in total. The van der Waals surface area contributed by atoms with Gasteiger partial charge in [0, 0.05) is 32.1 Å². The number of rotatable bonds is 2. The molecule has 2 heterocycles. The van der Waals surface area contributed by atoms with Crippen LogP contribution in [0.3, 0.4) is 0 Å². The Morgan fingerprint density at radius 1 is 1.11 bits per heavy atom. The maximum Gasteiger partial charge on any atom is 0.137 e. The summed E-state index contributed by atoms with van der Waals surface area (Å²) >= 11 is 2.27. The molecule has 2 aromatic heterocycles. The van der Waals surface area contributed by atoms with Gasteiger partial charge < -0.3 is 4.40 Å². The van der Waals surface area contributed by atoms with E-state index in [0.717, 1.165) is 20.5 Å². The Morgan fingerprint density at radius 3 is 2.63 bits per heavy atom. The van der Waals surface area contributed by atoms with Crippen LogP contribution in [0, 0.1) is 3.57 Å². The highest BCUT2D eigenvalue weighted by molar-refractivity contribution is 14.1. The second-order valence-electron chi connectivity index (χ2n) is 3.98. The van der Waals surface area contributed by atoms with Crippen LogP contribution >= 0.6 is 22.6 Å². The van der Waals surface area contributed by atoms with Crippen LogP contribution in [0.1, 0.15) is 0 Å². The van der Waals surface area contributed by atoms with Crippen molar-refractivity contribution in [1.82, 2.24) is 9.38 Å². The van der Waals surface area contributed by atoms with Crippen molar-refractivity contribution in [1.29, 1.82) is 0 Å². The van der Waals surface area contributed by atoms with Crippen molar-refractivity contribution in [3.05, 3.63) is 62.8 Å². The SMILES string of the molecule is [N-]=[N+]=Nc1ccc(-c2cn3cc(I)ccc3n2)cc1. The van der Waals surface area contributed by atoms with E-state index in [9.17, 15) is 0 Å². The Bertz CT molecular complexity index is 784. The maximum atomic E-state index is 8.37. The van der Waals surface area contributed by atoms with Gasteiger partial charge in [-0.2, -0.15) is 0 Å². The van der Waals surface area contributed by atoms with Gasteiger partial charge in [-0.05, 0) is 40.3 Å². The number of imidazole rings is 1. The topological polar surface area (TPSA) is 66.1 Å². The first-order chi connectivity index (χ1) is 9.26. The maximum absolute atomic E-state index is 8.37. The number of pyridine rings is 1. The van der Waals surface area contributed by atoms with Crippen LogP contribution in [-0.2, 0) is 0 Å². The van der Waals surface area contributed by atoms with Gasteiger partial charge in [-0.1, -0.05) is 29.4 Å². The van der Waals surface area contributed by atoms with Gasteiger partial charge in [-0.25, -0.2) is 4.98 Å². The van der Waals surface area contributed by atoms with Gasteiger partial charge >= 0.3 is 0 Å². The van der Waals surface area contributed by atoms with Crippen molar-refractivity contribution in [3.8, 4) is 11.3 Å². The summed E-state index contributed by atoms with van der Waals surface area (Å²) in [6.07, 6.45) is 4.01. The van der Waals surface area contributed by atoms with Crippen LogP contribution in [0.4, 0.5) is 5.69 Å². The van der Waals surface area contributed by atoms with Crippen molar-refractivity contribution in [2.45, 2.75) is 0 Å². The lowest BCUT2D eigenvalue weighted by molar-refractivity contribution is 1.17. The fraction of sp³-hybridized carbons (Fsp3) is 0. The molecule has 0 saturated carbocycles. The highest BCUT2D eigenvalue weighted by Gasteiger charge is 2.04. The second-order valence-corrected chi connectivity index (χ2v) is 5.22. The molecule has 5 nitrogen and oxygen atoms in total. The average Bonchev–Trinajstić information content (AvgIpc) is 2.83. The van der Waals surface area contributed by atoms with E-state index in [2.05, 4.69) is 37.6 Å². The second kappa shape index (κ2) is 4.91. The van der Waals surface area contributed by atoms with Crippen molar-refractivity contribution >= 4 is 33.9 Å². The highest BCUT2D eigenvalue weighted by atomic mass is 127. The predicted molar refractivity (Wildman–Crippen MR) is 82.2 cm³/mol. The molecular weight excluding hydrogens is 353 g/mol. The fourth-order valence-corrected chi connectivity index (χ4v) is 2.33. The summed E-state index contributed by atoms with van der Waals surface area (Å²) in [6.45, 7) is 0. The Balaban J connectivity index is 2.05. The summed E-state index contributed by atoms with van der Waals surface area (Å²) in [5, 5.41) is 3.55. The number of aromatic nitrogens is 2. The smallest absolute Gasteiger partial charge is 0.137 e. The van der Waals surface area contributed by atoms with E-state index < -0.39 is 0 Å². The largest absolute Gasteiger partial charge is 0.305 e. The molecule has 0 saturated heterocycles. The number of azide groups is 1. The fourth-order valence-electron chi connectivity index (χ4n) is 1.85. The van der Waals surface area contributed by atoms with Gasteiger partial charge in [0.1, 0.15) is 5.65 Å².